The van der Waals surface area contributed by atoms with Crippen LogP contribution in [0.2, 0.25) is 0 Å². The molecule has 0 bridgehead atoms. The number of fused-ring (bicyclic) bond motifs is 2. The number of nitrogens with one attached hydrogen (secondary N) is 2. The lowest BCUT2D eigenvalue weighted by atomic mass is 10.0. The van der Waals surface area contributed by atoms with E-state index in [4.69, 9.17) is 14.2 Å². The fraction of sp³-hybridized carbons (Fsp3) is 0.357. The Morgan fingerprint density at radius 1 is 0.654 bits per heavy atom. The van der Waals surface area contributed by atoms with E-state index in [0.29, 0.717) is 43.8 Å². The molecule has 0 saturated heterocycles. The summed E-state index contributed by atoms with van der Waals surface area (Å²) in [6.07, 6.45) is 2.51. The molecule has 0 atom stereocenters. The van der Waals surface area contributed by atoms with Gasteiger partial charge in [-0.2, -0.15) is 0 Å². The maximum Gasteiger partial charge on any atom is 0.415 e. The molecule has 2 saturated carbocycles. The number of rotatable bonds is 14. The number of amides is 4. The molecular formula is C56H57BrF6N8O7. The molecule has 2 fully saturated rings. The van der Waals surface area contributed by atoms with E-state index in [1.807, 2.05) is 19.1 Å². The molecule has 2 aliphatic rings. The fourth-order valence-electron chi connectivity index (χ4n) is 8.23. The van der Waals surface area contributed by atoms with Crippen LogP contribution in [0.4, 0.5) is 47.3 Å². The van der Waals surface area contributed by atoms with E-state index in [9.17, 15) is 45.5 Å². The van der Waals surface area contributed by atoms with Crippen LogP contribution >= 0.6 is 15.9 Å². The summed E-state index contributed by atoms with van der Waals surface area (Å²) in [7, 11) is 0. The number of pyridine rings is 2. The highest BCUT2D eigenvalue weighted by atomic mass is 79.9. The monoisotopic (exact) mass is 1150 g/mol. The molecule has 0 unspecified atom stereocenters. The number of carbonyl (C=O) groups is 4. The van der Waals surface area contributed by atoms with Crippen LogP contribution in [0.1, 0.15) is 99.1 Å². The SMILES string of the molecule is Cc1cc(-c2cnc3c(N(CC(F)F)C(=O)OC(C)(C)C)cc(Br)cn23)ccc1C(=O)NC1CC1.Cc1cc(-c2cnc3c(N(CC(F)F)C(=O)OC(C)(C)C)cc(Oc4cc(F)ccc4F)cn23)ccc1C(=O)NC1CC1. The Hall–Kier alpha value is -7.62. The summed E-state index contributed by atoms with van der Waals surface area (Å²) in [6.45, 7) is 11.6. The van der Waals surface area contributed by atoms with Crippen molar-refractivity contribution in [3.63, 3.8) is 0 Å². The molecule has 9 rings (SSSR count). The summed E-state index contributed by atoms with van der Waals surface area (Å²) in [6, 6.07) is 16.5. The number of alkyl halides is 4. The van der Waals surface area contributed by atoms with Crippen LogP contribution in [-0.4, -0.2) is 92.0 Å². The second kappa shape index (κ2) is 22.8. The van der Waals surface area contributed by atoms with Crippen molar-refractivity contribution >= 4 is 62.6 Å². The highest BCUT2D eigenvalue weighted by Crippen LogP contribution is 2.37. The van der Waals surface area contributed by atoms with Crippen molar-refractivity contribution in [3.05, 3.63) is 130 Å². The molecule has 0 spiro atoms. The van der Waals surface area contributed by atoms with Crippen LogP contribution in [0.25, 0.3) is 33.8 Å². The molecular weight excluding hydrogens is 1090 g/mol. The maximum absolute atomic E-state index is 14.5. The van der Waals surface area contributed by atoms with E-state index in [1.165, 1.54) is 22.9 Å². The summed E-state index contributed by atoms with van der Waals surface area (Å²) in [4.78, 5) is 61.6. The van der Waals surface area contributed by atoms with Gasteiger partial charge >= 0.3 is 12.2 Å². The average Bonchev–Trinajstić information content (AvgIpc) is 4.45. The van der Waals surface area contributed by atoms with Crippen molar-refractivity contribution in [1.82, 2.24) is 29.4 Å². The lowest BCUT2D eigenvalue weighted by Gasteiger charge is -2.27. The Bertz CT molecular complexity index is 3420. The van der Waals surface area contributed by atoms with E-state index in [-0.39, 0.29) is 46.7 Å². The predicted molar refractivity (Wildman–Crippen MR) is 285 cm³/mol. The minimum Gasteiger partial charge on any atom is -0.453 e. The van der Waals surface area contributed by atoms with Gasteiger partial charge in [-0.15, -0.1) is 0 Å². The van der Waals surface area contributed by atoms with E-state index < -0.39 is 66.7 Å². The Morgan fingerprint density at radius 2 is 1.10 bits per heavy atom. The number of carbonyl (C=O) groups excluding carboxylic acids is 4. The van der Waals surface area contributed by atoms with E-state index >= 15 is 0 Å². The van der Waals surface area contributed by atoms with E-state index in [1.54, 1.807) is 95.6 Å². The molecule has 2 aliphatic carbocycles. The Morgan fingerprint density at radius 3 is 1.53 bits per heavy atom. The number of nitrogens with zero attached hydrogens (tertiary/aromatic N) is 6. The molecule has 2 N–H and O–H groups in total. The molecule has 7 aromatic rings. The van der Waals surface area contributed by atoms with Crippen LogP contribution < -0.4 is 25.2 Å². The van der Waals surface area contributed by atoms with Crippen molar-refractivity contribution in [3.8, 4) is 34.0 Å². The summed E-state index contributed by atoms with van der Waals surface area (Å²) >= 11 is 3.43. The van der Waals surface area contributed by atoms with Crippen LogP contribution in [-0.2, 0) is 9.47 Å². The third-order valence-corrected chi connectivity index (χ3v) is 12.5. The molecule has 4 amide bonds. The number of ether oxygens (including phenoxy) is 3. The molecule has 0 aliphatic heterocycles. The third-order valence-electron chi connectivity index (χ3n) is 12.0. The van der Waals surface area contributed by atoms with Crippen LogP contribution in [0.15, 0.2) is 96.0 Å². The quantitative estimate of drug-likeness (QED) is 0.101. The summed E-state index contributed by atoms with van der Waals surface area (Å²) in [5, 5.41) is 5.95. The van der Waals surface area contributed by atoms with E-state index in [0.717, 1.165) is 64.8 Å². The minimum atomic E-state index is -2.94. The van der Waals surface area contributed by atoms with Crippen LogP contribution in [0, 0.1) is 25.5 Å². The highest BCUT2D eigenvalue weighted by molar-refractivity contribution is 9.10. The summed E-state index contributed by atoms with van der Waals surface area (Å²) in [5.41, 5.74) is 3.80. The number of benzene rings is 3. The molecule has 0 radical (unpaired) electrons. The second-order valence-corrected chi connectivity index (χ2v) is 21.9. The van der Waals surface area contributed by atoms with Crippen molar-refractivity contribution in [1.29, 1.82) is 0 Å². The summed E-state index contributed by atoms with van der Waals surface area (Å²) < 4.78 is 103. The van der Waals surface area contributed by atoms with Gasteiger partial charge in [-0.3, -0.25) is 28.2 Å². The van der Waals surface area contributed by atoms with Gasteiger partial charge in [0, 0.05) is 57.1 Å². The first-order valence-electron chi connectivity index (χ1n) is 24.9. The first-order chi connectivity index (χ1) is 36.7. The smallest absolute Gasteiger partial charge is 0.415 e. The van der Waals surface area contributed by atoms with Crippen molar-refractivity contribution < 1.29 is 59.7 Å². The maximum atomic E-state index is 14.5. The van der Waals surface area contributed by atoms with Gasteiger partial charge < -0.3 is 24.8 Å². The topological polar surface area (TPSA) is 161 Å². The van der Waals surface area contributed by atoms with Gasteiger partial charge in [-0.1, -0.05) is 12.1 Å². The molecule has 4 heterocycles. The lowest BCUT2D eigenvalue weighted by molar-refractivity contribution is 0.0536. The van der Waals surface area contributed by atoms with Gasteiger partial charge in [-0.25, -0.2) is 45.9 Å². The van der Waals surface area contributed by atoms with E-state index in [2.05, 4.69) is 36.5 Å². The van der Waals surface area contributed by atoms with Gasteiger partial charge in [0.05, 0.1) is 54.4 Å². The highest BCUT2D eigenvalue weighted by Gasteiger charge is 2.32. The molecule has 3 aromatic carbocycles. The zero-order valence-corrected chi connectivity index (χ0v) is 45.5. The number of hydrogen-bond acceptors (Lipinski definition) is 9. The van der Waals surface area contributed by atoms with Crippen LogP contribution in [0.3, 0.4) is 0 Å². The van der Waals surface area contributed by atoms with Crippen molar-refractivity contribution in [2.24, 2.45) is 0 Å². The molecule has 15 nitrogen and oxygen atoms in total. The first kappa shape index (κ1) is 56.6. The molecule has 78 heavy (non-hydrogen) atoms. The van der Waals surface area contributed by atoms with Crippen molar-refractivity contribution in [2.75, 3.05) is 22.9 Å². The number of anilines is 2. The summed E-state index contributed by atoms with van der Waals surface area (Å²) in [5.74, 6) is -2.44. The Labute approximate surface area is 454 Å². The number of aryl methyl sites for hydroxylation is 2. The zero-order valence-electron chi connectivity index (χ0n) is 43.9. The lowest BCUT2D eigenvalue weighted by Crippen LogP contribution is -2.40. The van der Waals surface area contributed by atoms with Crippen LogP contribution in [0.5, 0.6) is 11.5 Å². The van der Waals surface area contributed by atoms with Gasteiger partial charge in [-0.05, 0) is 151 Å². The largest absolute Gasteiger partial charge is 0.453 e. The fourth-order valence-corrected chi connectivity index (χ4v) is 8.66. The number of imidazole rings is 2. The number of halogens is 7. The van der Waals surface area contributed by atoms with Gasteiger partial charge in [0.25, 0.3) is 24.7 Å². The van der Waals surface area contributed by atoms with Gasteiger partial charge in [0.1, 0.15) is 22.8 Å². The Kier molecular flexibility index (Phi) is 16.5. The Balaban J connectivity index is 0.000000210. The molecule has 4 aromatic heterocycles. The van der Waals surface area contributed by atoms with Gasteiger partial charge in [0.2, 0.25) is 0 Å². The standard InChI is InChI=1S/C31H30F4N4O4.C25H27BrF2N4O3/c1-17-11-18(5-9-22(17)29(40)37-20-7-8-20)25-14-36-28-24(39(16-27(34)35)30(41)43-31(2,3)4)13-21(15-38(25)28)42-26-12-19(32)6-10-23(26)33;1-14-9-15(5-8-18(14)23(33)30-17-6-7-17)20-11-29-22-19(10-16(26)12-31(20)22)32(13-21(27)28)24(34)35-25(2,3)4/h5-6,9-15,20,27H,7-8,16H2,1-4H3,(H,37,40);5,8-12,17,21H,6-7,13H2,1-4H3,(H,30,33). The number of aromatic nitrogens is 4. The first-order valence-corrected chi connectivity index (χ1v) is 25.7. The average molecular weight is 1150 g/mol. The second-order valence-electron chi connectivity index (χ2n) is 21.0. The van der Waals surface area contributed by atoms with Gasteiger partial charge in [0.15, 0.2) is 22.9 Å². The normalized spacial score (nSPS) is 13.6. The zero-order chi connectivity index (χ0) is 56.5. The molecule has 22 heteroatoms. The minimum absolute atomic E-state index is 0.0915. The predicted octanol–water partition coefficient (Wildman–Crippen LogP) is 13.3. The third kappa shape index (κ3) is 13.9. The molecule has 412 valence electrons. The van der Waals surface area contributed by atoms with Crippen molar-refractivity contribution in [2.45, 2.75) is 117 Å². The number of hydrogen-bond donors (Lipinski definition) is 2.